The van der Waals surface area contributed by atoms with Gasteiger partial charge < -0.3 is 15.3 Å². The Balaban J connectivity index is 1.48. The molecule has 1 aromatic heterocycles. The van der Waals surface area contributed by atoms with E-state index in [1.807, 2.05) is 6.07 Å². The summed E-state index contributed by atoms with van der Waals surface area (Å²) in [4.78, 5) is 11.8. The molecule has 0 spiro atoms. The molecule has 6 heteroatoms. The number of halogens is 1. The van der Waals surface area contributed by atoms with Crippen LogP contribution in [-0.4, -0.2) is 33.5 Å². The molecule has 2 saturated carbocycles. The number of carbonyl (C=O) groups is 1. The lowest BCUT2D eigenvalue weighted by Gasteiger charge is -2.45. The van der Waals surface area contributed by atoms with Crippen molar-refractivity contribution in [2.45, 2.75) is 82.8 Å². The van der Waals surface area contributed by atoms with Crippen molar-refractivity contribution in [2.24, 2.45) is 17.3 Å². The maximum atomic E-state index is 11.0. The van der Waals surface area contributed by atoms with E-state index in [2.05, 4.69) is 30.4 Å². The minimum atomic E-state index is -0.748. The van der Waals surface area contributed by atoms with Gasteiger partial charge in [0.05, 0.1) is 16.5 Å². The molecule has 4 atom stereocenters. The molecule has 2 aliphatic carbocycles. The van der Waals surface area contributed by atoms with Crippen LogP contribution >= 0.6 is 22.9 Å². The monoisotopic (exact) mass is 466 g/mol. The van der Waals surface area contributed by atoms with E-state index in [-0.39, 0.29) is 30.0 Å². The van der Waals surface area contributed by atoms with Gasteiger partial charge in [-0.3, -0.25) is 4.79 Å². The van der Waals surface area contributed by atoms with Crippen LogP contribution in [0.2, 0.25) is 4.34 Å². The Bertz CT molecular complexity index is 767. The van der Waals surface area contributed by atoms with Crippen LogP contribution < -0.4 is 0 Å². The van der Waals surface area contributed by atoms with Crippen LogP contribution in [0.5, 0.6) is 0 Å². The molecule has 1 unspecified atom stereocenters. The molecular weight excluding hydrogens is 432 g/mol. The predicted molar refractivity (Wildman–Crippen MR) is 127 cm³/mol. The summed E-state index contributed by atoms with van der Waals surface area (Å²) in [5, 5.41) is 30.1. The van der Waals surface area contributed by atoms with E-state index in [1.54, 1.807) is 11.3 Å². The normalized spacial score (nSPS) is 26.5. The van der Waals surface area contributed by atoms with Crippen molar-refractivity contribution < 1.29 is 20.1 Å². The van der Waals surface area contributed by atoms with Crippen molar-refractivity contribution in [3.63, 3.8) is 0 Å². The van der Waals surface area contributed by atoms with Crippen molar-refractivity contribution in [3.8, 4) is 0 Å². The first-order valence-corrected chi connectivity index (χ1v) is 12.7. The fourth-order valence-corrected chi connectivity index (χ4v) is 6.31. The molecule has 0 aromatic carbocycles. The third-order valence-corrected chi connectivity index (χ3v) is 8.35. The smallest absolute Gasteiger partial charge is 0.303 e. The van der Waals surface area contributed by atoms with Gasteiger partial charge in [0.25, 0.3) is 0 Å². The quantitative estimate of drug-likeness (QED) is 0.260. The third kappa shape index (κ3) is 6.92. The summed E-state index contributed by atoms with van der Waals surface area (Å²) in [7, 11) is 0. The van der Waals surface area contributed by atoms with Gasteiger partial charge in [-0.25, -0.2) is 0 Å². The summed E-state index contributed by atoms with van der Waals surface area (Å²) >= 11 is 7.69. The van der Waals surface area contributed by atoms with Crippen molar-refractivity contribution in [2.75, 3.05) is 0 Å². The molecule has 4 nitrogen and oxygen atoms in total. The molecule has 0 bridgehead atoms. The van der Waals surface area contributed by atoms with Crippen LogP contribution in [0, 0.1) is 17.3 Å². The number of rotatable bonds is 12. The van der Waals surface area contributed by atoms with Crippen LogP contribution in [0.3, 0.4) is 0 Å². The molecule has 0 aliphatic heterocycles. The number of unbranched alkanes of at least 4 members (excludes halogenated alkanes) is 1. The number of allylic oxidation sites excluding steroid dienone is 2. The van der Waals surface area contributed by atoms with Gasteiger partial charge in [-0.1, -0.05) is 42.3 Å². The van der Waals surface area contributed by atoms with Gasteiger partial charge >= 0.3 is 5.97 Å². The van der Waals surface area contributed by atoms with E-state index in [9.17, 15) is 15.0 Å². The molecule has 3 N–H and O–H groups in total. The van der Waals surface area contributed by atoms with Gasteiger partial charge in [0.2, 0.25) is 0 Å². The average molecular weight is 467 g/mol. The topological polar surface area (TPSA) is 77.8 Å². The molecule has 31 heavy (non-hydrogen) atoms. The fraction of sp³-hybridized carbons (Fsp3) is 0.640. The highest BCUT2D eigenvalue weighted by atomic mass is 35.5. The summed E-state index contributed by atoms with van der Waals surface area (Å²) in [6.45, 7) is 0. The maximum absolute atomic E-state index is 11.0. The number of aliphatic hydroxyl groups excluding tert-OH is 2. The first-order valence-electron chi connectivity index (χ1n) is 11.5. The number of aliphatic hydroxyl groups is 2. The van der Waals surface area contributed by atoms with Crippen molar-refractivity contribution >= 4 is 28.9 Å². The second-order valence-electron chi connectivity index (χ2n) is 9.25. The molecule has 0 amide bonds. The van der Waals surface area contributed by atoms with Crippen LogP contribution in [0.25, 0.3) is 0 Å². The minimum Gasteiger partial charge on any atom is -0.481 e. The van der Waals surface area contributed by atoms with Gasteiger partial charge in [-0.15, -0.1) is 11.3 Å². The van der Waals surface area contributed by atoms with E-state index < -0.39 is 5.97 Å². The second kappa shape index (κ2) is 11.6. The van der Waals surface area contributed by atoms with Crippen molar-refractivity contribution in [1.29, 1.82) is 0 Å². The van der Waals surface area contributed by atoms with Crippen molar-refractivity contribution in [1.82, 2.24) is 0 Å². The van der Waals surface area contributed by atoms with E-state index in [1.165, 1.54) is 11.3 Å². The van der Waals surface area contributed by atoms with Gasteiger partial charge in [0, 0.05) is 22.6 Å². The standard InChI is InChI=1S/C25H35ClO4S/c26-23-14-12-19(31-23)17-25(15-6-16-25)22(28)9-5-8-20-18(11-13-21(20)27)7-3-1-2-4-10-24(29)30/h1,3,5,8,12,14,18,20-22,27-28H,2,4,6-7,9-11,13,15-17H2,(H,29,30)/b3-1+,8-5+/t18-,20+,21+,22?/m0/s1. The van der Waals surface area contributed by atoms with Gasteiger partial charge in [-0.05, 0) is 75.8 Å². The Labute approximate surface area is 194 Å². The first kappa shape index (κ1) is 24.5. The number of carboxylic acid groups (broad SMARTS) is 1. The lowest BCUT2D eigenvalue weighted by Crippen LogP contribution is -2.42. The highest BCUT2D eigenvalue weighted by Gasteiger charge is 2.43. The summed E-state index contributed by atoms with van der Waals surface area (Å²) in [6.07, 6.45) is 16.9. The lowest BCUT2D eigenvalue weighted by molar-refractivity contribution is -0.137. The molecule has 2 aliphatic rings. The van der Waals surface area contributed by atoms with E-state index in [0.717, 1.165) is 49.3 Å². The zero-order chi connectivity index (χ0) is 22.3. The Morgan fingerprint density at radius 1 is 1.26 bits per heavy atom. The largest absolute Gasteiger partial charge is 0.481 e. The minimum absolute atomic E-state index is 0.0368. The van der Waals surface area contributed by atoms with Crippen LogP contribution in [-0.2, 0) is 11.2 Å². The summed E-state index contributed by atoms with van der Waals surface area (Å²) in [5.74, 6) is -0.211. The number of thiophene rings is 1. The first-order chi connectivity index (χ1) is 14.9. The number of carboxylic acids is 1. The molecule has 172 valence electrons. The highest BCUT2D eigenvalue weighted by molar-refractivity contribution is 7.16. The van der Waals surface area contributed by atoms with Crippen LogP contribution in [0.1, 0.15) is 69.1 Å². The highest BCUT2D eigenvalue weighted by Crippen LogP contribution is 2.48. The van der Waals surface area contributed by atoms with Gasteiger partial charge in [0.1, 0.15) is 0 Å². The predicted octanol–water partition coefficient (Wildman–Crippen LogP) is 6.01. The molecule has 1 aromatic rings. The Hall–Kier alpha value is -1.14. The van der Waals surface area contributed by atoms with E-state index >= 15 is 0 Å². The zero-order valence-electron chi connectivity index (χ0n) is 18.1. The molecule has 1 heterocycles. The molecule has 3 rings (SSSR count). The lowest BCUT2D eigenvalue weighted by atomic mass is 9.62. The zero-order valence-corrected chi connectivity index (χ0v) is 19.7. The van der Waals surface area contributed by atoms with Crippen LogP contribution in [0.4, 0.5) is 0 Å². The molecule has 0 saturated heterocycles. The van der Waals surface area contributed by atoms with E-state index in [4.69, 9.17) is 16.7 Å². The van der Waals surface area contributed by atoms with Crippen LogP contribution in [0.15, 0.2) is 36.4 Å². The second-order valence-corrected chi connectivity index (χ2v) is 11.1. The summed E-state index contributed by atoms with van der Waals surface area (Å²) < 4.78 is 0.802. The average Bonchev–Trinajstić information content (AvgIpc) is 3.26. The fourth-order valence-electron chi connectivity index (χ4n) is 5.07. The Morgan fingerprint density at radius 3 is 2.71 bits per heavy atom. The summed E-state index contributed by atoms with van der Waals surface area (Å²) in [6, 6.07) is 4.01. The number of hydrogen-bond donors (Lipinski definition) is 3. The number of hydrogen-bond acceptors (Lipinski definition) is 4. The maximum Gasteiger partial charge on any atom is 0.303 e. The third-order valence-electron chi connectivity index (χ3n) is 7.12. The van der Waals surface area contributed by atoms with Gasteiger partial charge in [-0.2, -0.15) is 0 Å². The molecular formula is C25H35ClO4S. The molecule has 0 radical (unpaired) electrons. The van der Waals surface area contributed by atoms with Gasteiger partial charge in [0.15, 0.2) is 0 Å². The Kier molecular flexibility index (Phi) is 9.20. The Morgan fingerprint density at radius 2 is 2.06 bits per heavy atom. The van der Waals surface area contributed by atoms with E-state index in [0.29, 0.717) is 18.8 Å². The SMILES string of the molecule is O=C(O)CCC/C=C/C[C@H]1CC[C@@H](O)[C@@H]1/C=C/CC(O)C1(Cc2ccc(Cl)s2)CCC1. The number of aliphatic carboxylic acids is 1. The summed E-state index contributed by atoms with van der Waals surface area (Å²) in [5.41, 5.74) is -0.0368. The molecule has 2 fully saturated rings. The van der Waals surface area contributed by atoms with Crippen molar-refractivity contribution in [3.05, 3.63) is 45.7 Å².